The maximum Gasteiger partial charge on any atom is 0.327 e. The Bertz CT molecular complexity index is 293. The van der Waals surface area contributed by atoms with Crippen molar-refractivity contribution >= 4 is 40.7 Å². The predicted molar refractivity (Wildman–Crippen MR) is 63.1 cm³/mol. The van der Waals surface area contributed by atoms with Crippen LogP contribution in [0.15, 0.2) is 0 Å². The van der Waals surface area contributed by atoms with Crippen LogP contribution in [0.3, 0.4) is 0 Å². The summed E-state index contributed by atoms with van der Waals surface area (Å²) in [6, 6.07) is -0.519. The van der Waals surface area contributed by atoms with Gasteiger partial charge in [-0.3, -0.25) is 0 Å². The van der Waals surface area contributed by atoms with E-state index in [4.69, 9.17) is 17.3 Å². The van der Waals surface area contributed by atoms with Gasteiger partial charge in [0.1, 0.15) is 11.8 Å². The number of Topliss-reactive ketones (excluding diaryl/α,β-unsaturated/α-hetero) is 1. The molecular weight excluding hydrogens is 234 g/mol. The topological polar surface area (TPSA) is 57.6 Å². The van der Waals surface area contributed by atoms with Crippen LogP contribution in [0.1, 0.15) is 19.8 Å². The minimum Gasteiger partial charge on any atom is -0.480 e. The van der Waals surface area contributed by atoms with Crippen LogP contribution >= 0.6 is 24.0 Å². The molecular formula is C9H13NO3S2. The summed E-state index contributed by atoms with van der Waals surface area (Å²) in [5, 5.41) is 8.93. The van der Waals surface area contributed by atoms with Crippen molar-refractivity contribution < 1.29 is 14.7 Å². The molecule has 0 spiro atoms. The largest absolute Gasteiger partial charge is 0.480 e. The summed E-state index contributed by atoms with van der Waals surface area (Å²) in [7, 11) is 0. The second kappa shape index (κ2) is 5.46. The van der Waals surface area contributed by atoms with E-state index in [1.54, 1.807) is 16.7 Å². The maximum atomic E-state index is 10.9. The first-order valence-electron chi connectivity index (χ1n) is 4.62. The molecule has 0 aliphatic carbocycles. The molecule has 0 radical (unpaired) electrons. The van der Waals surface area contributed by atoms with E-state index >= 15 is 0 Å². The van der Waals surface area contributed by atoms with Crippen LogP contribution < -0.4 is 0 Å². The number of rotatable bonds is 4. The number of thiocarbonyl (C=S) groups is 1. The lowest BCUT2D eigenvalue weighted by atomic mass is 10.2. The lowest BCUT2D eigenvalue weighted by Crippen LogP contribution is -2.40. The molecule has 1 fully saturated rings. The molecule has 4 nitrogen and oxygen atoms in total. The molecule has 0 saturated carbocycles. The number of hydrogen-bond acceptors (Lipinski definition) is 4. The normalized spacial score (nSPS) is 20.3. The van der Waals surface area contributed by atoms with E-state index in [9.17, 15) is 9.59 Å². The van der Waals surface area contributed by atoms with Gasteiger partial charge in [0.05, 0.1) is 10.9 Å². The van der Waals surface area contributed by atoms with Gasteiger partial charge in [-0.15, -0.1) is 11.8 Å². The average molecular weight is 247 g/mol. The van der Waals surface area contributed by atoms with Crippen molar-refractivity contribution in [2.45, 2.75) is 25.8 Å². The third kappa shape index (κ3) is 3.46. The fraction of sp³-hybridized carbons (Fsp3) is 0.667. The lowest BCUT2D eigenvalue weighted by molar-refractivity contribution is -0.140. The van der Waals surface area contributed by atoms with E-state index in [1.807, 2.05) is 0 Å². The summed E-state index contributed by atoms with van der Waals surface area (Å²) >= 11 is 6.68. The van der Waals surface area contributed by atoms with E-state index < -0.39 is 12.0 Å². The van der Waals surface area contributed by atoms with Crippen LogP contribution in [-0.4, -0.2) is 44.4 Å². The van der Waals surface area contributed by atoms with E-state index in [-0.39, 0.29) is 5.78 Å². The molecule has 0 aromatic heterocycles. The van der Waals surface area contributed by atoms with Gasteiger partial charge in [-0.05, 0) is 6.92 Å². The number of carbonyl (C=O) groups excluding carboxylic acids is 1. The number of carboxylic acids is 1. The molecule has 1 saturated heterocycles. The Morgan fingerprint density at radius 2 is 2.20 bits per heavy atom. The number of aliphatic carboxylic acids is 1. The third-order valence-corrected chi connectivity index (χ3v) is 3.63. The summed E-state index contributed by atoms with van der Waals surface area (Å²) in [6.45, 7) is 1.51. The van der Waals surface area contributed by atoms with Gasteiger partial charge in [-0.1, -0.05) is 12.2 Å². The fourth-order valence-corrected chi connectivity index (χ4v) is 2.88. The van der Waals surface area contributed by atoms with E-state index in [0.717, 1.165) is 0 Å². The standard InChI is InChI=1S/C9H13NO3S2/c1-6(11)2-3-8(14)10-5-15-4-7(10)9(12)13/h7H,2-5H2,1H3,(H,12,13). The first-order valence-corrected chi connectivity index (χ1v) is 6.18. The van der Waals surface area contributed by atoms with Crippen molar-refractivity contribution in [2.24, 2.45) is 0 Å². The Morgan fingerprint density at radius 3 is 2.73 bits per heavy atom. The van der Waals surface area contributed by atoms with Crippen LogP contribution in [0.25, 0.3) is 0 Å². The molecule has 0 aromatic rings. The number of ketones is 1. The highest BCUT2D eigenvalue weighted by atomic mass is 32.2. The number of thioether (sulfide) groups is 1. The van der Waals surface area contributed by atoms with Crippen molar-refractivity contribution in [1.29, 1.82) is 0 Å². The molecule has 1 unspecified atom stereocenters. The van der Waals surface area contributed by atoms with E-state index in [2.05, 4.69) is 0 Å². The number of hydrogen-bond donors (Lipinski definition) is 1. The van der Waals surface area contributed by atoms with Crippen LogP contribution in [0.5, 0.6) is 0 Å². The van der Waals surface area contributed by atoms with E-state index in [0.29, 0.717) is 29.5 Å². The second-order valence-electron chi connectivity index (χ2n) is 3.42. The van der Waals surface area contributed by atoms with Crippen LogP contribution in [0, 0.1) is 0 Å². The minimum atomic E-state index is -0.842. The zero-order chi connectivity index (χ0) is 11.4. The Balaban J connectivity index is 2.51. The van der Waals surface area contributed by atoms with Gasteiger partial charge in [0, 0.05) is 18.6 Å². The highest BCUT2D eigenvalue weighted by Gasteiger charge is 2.32. The van der Waals surface area contributed by atoms with Crippen LogP contribution in [0.4, 0.5) is 0 Å². The molecule has 6 heteroatoms. The Kier molecular flexibility index (Phi) is 4.53. The summed E-state index contributed by atoms with van der Waals surface area (Å²) in [4.78, 5) is 23.9. The van der Waals surface area contributed by atoms with Crippen molar-refractivity contribution in [2.75, 3.05) is 11.6 Å². The Labute approximate surface area is 98.0 Å². The molecule has 0 aromatic carbocycles. The fourth-order valence-electron chi connectivity index (χ4n) is 1.32. The first-order chi connectivity index (χ1) is 7.02. The molecule has 1 aliphatic heterocycles. The zero-order valence-electron chi connectivity index (χ0n) is 8.43. The molecule has 1 heterocycles. The van der Waals surface area contributed by atoms with Crippen LogP contribution in [-0.2, 0) is 9.59 Å². The molecule has 15 heavy (non-hydrogen) atoms. The van der Waals surface area contributed by atoms with Gasteiger partial charge in [0.15, 0.2) is 0 Å². The van der Waals surface area contributed by atoms with Crippen molar-refractivity contribution in [1.82, 2.24) is 4.90 Å². The van der Waals surface area contributed by atoms with Crippen molar-refractivity contribution in [3.05, 3.63) is 0 Å². The summed E-state index contributed by atoms with van der Waals surface area (Å²) < 4.78 is 0. The van der Waals surface area contributed by atoms with Crippen LogP contribution in [0.2, 0.25) is 0 Å². The molecule has 1 N–H and O–H groups in total. The summed E-state index contributed by atoms with van der Waals surface area (Å²) in [5.74, 6) is 0.421. The monoisotopic (exact) mass is 247 g/mol. The Morgan fingerprint density at radius 1 is 1.53 bits per heavy atom. The van der Waals surface area contributed by atoms with Crippen molar-refractivity contribution in [3.63, 3.8) is 0 Å². The van der Waals surface area contributed by atoms with Gasteiger partial charge in [0.2, 0.25) is 0 Å². The molecule has 1 aliphatic rings. The smallest absolute Gasteiger partial charge is 0.327 e. The third-order valence-electron chi connectivity index (χ3n) is 2.18. The molecule has 0 amide bonds. The lowest BCUT2D eigenvalue weighted by Gasteiger charge is -2.22. The summed E-state index contributed by atoms with van der Waals surface area (Å²) in [6.07, 6.45) is 0.876. The molecule has 1 rings (SSSR count). The molecule has 0 bridgehead atoms. The second-order valence-corrected chi connectivity index (χ2v) is 4.89. The predicted octanol–water partition coefficient (Wildman–Crippen LogP) is 1.14. The zero-order valence-corrected chi connectivity index (χ0v) is 10.1. The average Bonchev–Trinajstić information content (AvgIpc) is 2.62. The molecule has 1 atom stereocenters. The van der Waals surface area contributed by atoms with E-state index in [1.165, 1.54) is 6.92 Å². The minimum absolute atomic E-state index is 0.0797. The summed E-state index contributed by atoms with van der Waals surface area (Å²) in [5.41, 5.74) is 0. The molecule has 84 valence electrons. The first kappa shape index (κ1) is 12.4. The van der Waals surface area contributed by atoms with Gasteiger partial charge >= 0.3 is 5.97 Å². The highest BCUT2D eigenvalue weighted by molar-refractivity contribution is 7.99. The number of carboxylic acid groups (broad SMARTS) is 1. The van der Waals surface area contributed by atoms with Gasteiger partial charge < -0.3 is 14.8 Å². The quantitative estimate of drug-likeness (QED) is 0.752. The number of nitrogens with zero attached hydrogens (tertiary/aromatic N) is 1. The highest BCUT2D eigenvalue weighted by Crippen LogP contribution is 2.22. The van der Waals surface area contributed by atoms with Gasteiger partial charge in [-0.2, -0.15) is 0 Å². The number of carbonyl (C=O) groups is 2. The van der Waals surface area contributed by atoms with Gasteiger partial charge in [-0.25, -0.2) is 4.79 Å². The Hall–Kier alpha value is -0.620. The van der Waals surface area contributed by atoms with Gasteiger partial charge in [0.25, 0.3) is 0 Å². The van der Waals surface area contributed by atoms with Crippen molar-refractivity contribution in [3.8, 4) is 0 Å². The SMILES string of the molecule is CC(=O)CCC(=S)N1CSCC1C(=O)O. The maximum absolute atomic E-state index is 10.9.